The fourth-order valence-corrected chi connectivity index (χ4v) is 4.61. The van der Waals surface area contributed by atoms with E-state index in [1.54, 1.807) is 29.3 Å². The van der Waals surface area contributed by atoms with E-state index in [-0.39, 0.29) is 24.8 Å². The SMILES string of the molecule is C[C@H]1CN(C(=O)CCC2(c3cccnc3)NC(=O)NC2=O)CCN1c1ccc(Cl)c(Cl)c1. The van der Waals surface area contributed by atoms with Crippen LogP contribution in [0.4, 0.5) is 10.5 Å². The van der Waals surface area contributed by atoms with E-state index in [9.17, 15) is 14.4 Å². The summed E-state index contributed by atoms with van der Waals surface area (Å²) in [5.41, 5.74) is 0.211. The highest BCUT2D eigenvalue weighted by Gasteiger charge is 2.48. The summed E-state index contributed by atoms with van der Waals surface area (Å²) in [6, 6.07) is 8.43. The molecule has 2 aliphatic heterocycles. The normalized spacial score (nSPS) is 23.2. The summed E-state index contributed by atoms with van der Waals surface area (Å²) in [7, 11) is 0. The van der Waals surface area contributed by atoms with Crippen molar-refractivity contribution in [3.8, 4) is 0 Å². The van der Waals surface area contributed by atoms with E-state index in [4.69, 9.17) is 23.2 Å². The first kappa shape index (κ1) is 22.4. The molecule has 2 aromatic rings. The molecule has 4 amide bonds. The van der Waals surface area contributed by atoms with Crippen molar-refractivity contribution in [2.24, 2.45) is 0 Å². The van der Waals surface area contributed by atoms with Gasteiger partial charge in [-0.3, -0.25) is 19.9 Å². The molecule has 2 N–H and O–H groups in total. The van der Waals surface area contributed by atoms with E-state index in [2.05, 4.69) is 20.5 Å². The maximum Gasteiger partial charge on any atom is 0.322 e. The summed E-state index contributed by atoms with van der Waals surface area (Å²) in [5.74, 6) is -0.538. The molecule has 4 rings (SSSR count). The minimum atomic E-state index is -1.30. The Kier molecular flexibility index (Phi) is 6.26. The average Bonchev–Trinajstić information content (AvgIpc) is 3.08. The second kappa shape index (κ2) is 8.96. The maximum atomic E-state index is 13.0. The molecule has 8 nitrogen and oxygen atoms in total. The van der Waals surface area contributed by atoms with Crippen LogP contribution in [-0.2, 0) is 15.1 Å². The number of pyridine rings is 1. The van der Waals surface area contributed by atoms with E-state index in [1.807, 2.05) is 19.1 Å². The van der Waals surface area contributed by atoms with Gasteiger partial charge in [0.05, 0.1) is 10.0 Å². The number of aromatic nitrogens is 1. The molecule has 0 radical (unpaired) electrons. The lowest BCUT2D eigenvalue weighted by atomic mass is 9.86. The zero-order valence-corrected chi connectivity index (χ0v) is 19.0. The highest BCUT2D eigenvalue weighted by atomic mass is 35.5. The van der Waals surface area contributed by atoms with Crippen molar-refractivity contribution in [1.82, 2.24) is 20.5 Å². The molecule has 2 saturated heterocycles. The molecule has 1 aromatic carbocycles. The van der Waals surface area contributed by atoms with Crippen molar-refractivity contribution >= 4 is 46.7 Å². The first-order valence-electron chi connectivity index (χ1n) is 10.3. The van der Waals surface area contributed by atoms with Crippen LogP contribution in [0.5, 0.6) is 0 Å². The Balaban J connectivity index is 1.42. The molecule has 2 aliphatic rings. The molecule has 0 aliphatic carbocycles. The number of anilines is 1. The lowest BCUT2D eigenvalue weighted by molar-refractivity contribution is -0.133. The van der Waals surface area contributed by atoms with Crippen LogP contribution in [0, 0.1) is 0 Å². The van der Waals surface area contributed by atoms with Crippen molar-refractivity contribution in [3.63, 3.8) is 0 Å². The molecule has 168 valence electrons. The quantitative estimate of drug-likeness (QED) is 0.648. The molecule has 1 unspecified atom stereocenters. The van der Waals surface area contributed by atoms with Crippen molar-refractivity contribution in [2.45, 2.75) is 31.3 Å². The standard InChI is InChI=1S/C22H23Cl2N5O3/c1-14-13-28(9-10-29(14)16-4-5-17(23)18(24)11-16)19(30)6-7-22(15-3-2-8-25-12-15)20(31)26-21(32)27-22/h2-5,8,11-12,14H,6-7,9-10,13H2,1H3,(H2,26,27,31,32)/t14-,22?/m0/s1. The molecule has 0 bridgehead atoms. The van der Waals surface area contributed by atoms with Crippen LogP contribution >= 0.6 is 23.2 Å². The highest BCUT2D eigenvalue weighted by molar-refractivity contribution is 6.42. The number of halogens is 2. The van der Waals surface area contributed by atoms with Gasteiger partial charge in [-0.1, -0.05) is 29.3 Å². The van der Waals surface area contributed by atoms with Crippen molar-refractivity contribution in [3.05, 3.63) is 58.3 Å². The van der Waals surface area contributed by atoms with E-state index in [0.717, 1.165) is 5.69 Å². The van der Waals surface area contributed by atoms with Crippen molar-refractivity contribution in [1.29, 1.82) is 0 Å². The molecule has 2 fully saturated rings. The number of hydrogen-bond donors (Lipinski definition) is 2. The van der Waals surface area contributed by atoms with Crippen LogP contribution in [-0.4, -0.2) is 53.4 Å². The fraction of sp³-hybridized carbons (Fsp3) is 0.364. The Hall–Kier alpha value is -2.84. The van der Waals surface area contributed by atoms with Gasteiger partial charge in [0.25, 0.3) is 5.91 Å². The topological polar surface area (TPSA) is 94.6 Å². The maximum absolute atomic E-state index is 13.0. The minimum Gasteiger partial charge on any atom is -0.365 e. The second-order valence-corrected chi connectivity index (χ2v) is 8.85. The van der Waals surface area contributed by atoms with Crippen molar-refractivity contribution < 1.29 is 14.4 Å². The summed E-state index contributed by atoms with van der Waals surface area (Å²) in [6.45, 7) is 3.78. The number of piperazine rings is 1. The summed E-state index contributed by atoms with van der Waals surface area (Å²) in [5, 5.41) is 5.97. The number of carbonyl (C=O) groups is 3. The zero-order valence-electron chi connectivity index (χ0n) is 17.5. The molecule has 1 aromatic heterocycles. The Morgan fingerprint density at radius 1 is 1.22 bits per heavy atom. The molecule has 2 atom stereocenters. The number of urea groups is 1. The van der Waals surface area contributed by atoms with Gasteiger partial charge < -0.3 is 15.1 Å². The van der Waals surface area contributed by atoms with Crippen molar-refractivity contribution in [2.75, 3.05) is 24.5 Å². The minimum absolute atomic E-state index is 0.0668. The van der Waals surface area contributed by atoms with Crippen LogP contribution in [0.2, 0.25) is 10.0 Å². The lowest BCUT2D eigenvalue weighted by Crippen LogP contribution is -2.54. The smallest absolute Gasteiger partial charge is 0.322 e. The molecule has 10 heteroatoms. The van der Waals surface area contributed by atoms with E-state index >= 15 is 0 Å². The van der Waals surface area contributed by atoms with Gasteiger partial charge in [-0.05, 0) is 37.6 Å². The van der Waals surface area contributed by atoms with Gasteiger partial charge in [-0.2, -0.15) is 0 Å². The third-order valence-corrected chi connectivity index (χ3v) is 6.76. The van der Waals surface area contributed by atoms with E-state index in [0.29, 0.717) is 35.2 Å². The fourth-order valence-electron chi connectivity index (χ4n) is 4.31. The van der Waals surface area contributed by atoms with Crippen LogP contribution in [0.3, 0.4) is 0 Å². The molecule has 0 spiro atoms. The Morgan fingerprint density at radius 2 is 2.03 bits per heavy atom. The van der Waals surface area contributed by atoms with Crippen LogP contribution in [0.25, 0.3) is 0 Å². The number of carbonyl (C=O) groups excluding carboxylic acids is 3. The third-order valence-electron chi connectivity index (χ3n) is 6.02. The molecule has 3 heterocycles. The summed E-state index contributed by atoms with van der Waals surface area (Å²) >= 11 is 12.2. The monoisotopic (exact) mass is 475 g/mol. The summed E-state index contributed by atoms with van der Waals surface area (Å²) in [4.78, 5) is 45.5. The number of nitrogens with one attached hydrogen (secondary N) is 2. The second-order valence-electron chi connectivity index (χ2n) is 8.04. The van der Waals surface area contributed by atoms with Crippen LogP contribution < -0.4 is 15.5 Å². The highest BCUT2D eigenvalue weighted by Crippen LogP contribution is 2.31. The molecule has 0 saturated carbocycles. The van der Waals surface area contributed by atoms with Gasteiger partial charge in [0.1, 0.15) is 5.54 Å². The van der Waals surface area contributed by atoms with Gasteiger partial charge >= 0.3 is 6.03 Å². The average molecular weight is 476 g/mol. The van der Waals surface area contributed by atoms with E-state index < -0.39 is 17.5 Å². The van der Waals surface area contributed by atoms with Crippen LogP contribution in [0.15, 0.2) is 42.7 Å². The van der Waals surface area contributed by atoms with Crippen LogP contribution in [0.1, 0.15) is 25.3 Å². The first-order valence-corrected chi connectivity index (χ1v) is 11.1. The number of benzene rings is 1. The lowest BCUT2D eigenvalue weighted by Gasteiger charge is -2.41. The number of nitrogens with zero attached hydrogens (tertiary/aromatic N) is 3. The number of amides is 4. The zero-order chi connectivity index (χ0) is 22.9. The van der Waals surface area contributed by atoms with Gasteiger partial charge in [-0.15, -0.1) is 0 Å². The molecular weight excluding hydrogens is 453 g/mol. The predicted molar refractivity (Wildman–Crippen MR) is 122 cm³/mol. The third kappa shape index (κ3) is 4.25. The number of imide groups is 1. The first-order chi connectivity index (χ1) is 15.3. The number of rotatable bonds is 5. The summed E-state index contributed by atoms with van der Waals surface area (Å²) < 4.78 is 0. The van der Waals surface area contributed by atoms with Gasteiger partial charge in [-0.25, -0.2) is 4.79 Å². The number of hydrogen-bond acceptors (Lipinski definition) is 5. The Bertz CT molecular complexity index is 1050. The van der Waals surface area contributed by atoms with E-state index in [1.165, 1.54) is 6.20 Å². The van der Waals surface area contributed by atoms with Gasteiger partial charge in [0.15, 0.2) is 0 Å². The predicted octanol–water partition coefficient (Wildman–Crippen LogP) is 2.94. The Labute approximate surface area is 195 Å². The van der Waals surface area contributed by atoms with Gasteiger partial charge in [0.2, 0.25) is 5.91 Å². The summed E-state index contributed by atoms with van der Waals surface area (Å²) in [6.07, 6.45) is 3.39. The van der Waals surface area contributed by atoms with Gasteiger partial charge in [0, 0.05) is 55.7 Å². The molecular formula is C22H23Cl2N5O3. The largest absolute Gasteiger partial charge is 0.365 e. The molecule has 32 heavy (non-hydrogen) atoms. The Morgan fingerprint density at radius 3 is 2.66 bits per heavy atom.